The van der Waals surface area contributed by atoms with Gasteiger partial charge in [-0.25, -0.2) is 4.79 Å². The lowest BCUT2D eigenvalue weighted by Crippen LogP contribution is -2.36. The first-order valence-electron chi connectivity index (χ1n) is 11.3. The molecule has 3 amide bonds. The Kier molecular flexibility index (Phi) is 9.47. The lowest BCUT2D eigenvalue weighted by Gasteiger charge is -2.27. The number of benzene rings is 2. The molecule has 0 saturated heterocycles. The van der Waals surface area contributed by atoms with Crippen LogP contribution in [-0.2, 0) is 20.9 Å². The van der Waals surface area contributed by atoms with Crippen molar-refractivity contribution in [2.75, 3.05) is 19.0 Å². The number of carbonyl (C=O) groups excluding carboxylic acids is 3. The molecule has 2 aromatic rings. The van der Waals surface area contributed by atoms with Crippen LogP contribution in [-0.4, -0.2) is 42.1 Å². The van der Waals surface area contributed by atoms with E-state index in [4.69, 9.17) is 9.47 Å². The van der Waals surface area contributed by atoms with Crippen molar-refractivity contribution in [3.8, 4) is 5.75 Å². The van der Waals surface area contributed by atoms with Crippen LogP contribution in [0, 0.1) is 0 Å². The van der Waals surface area contributed by atoms with Crippen LogP contribution >= 0.6 is 0 Å². The fourth-order valence-corrected chi connectivity index (χ4v) is 3.34. The second-order valence-electron chi connectivity index (χ2n) is 8.93. The molecule has 2 N–H and O–H groups in total. The normalized spacial score (nSPS) is 11.8. The molecule has 8 heteroatoms. The fourth-order valence-electron chi connectivity index (χ4n) is 3.34. The number of hydrogen-bond donors (Lipinski definition) is 2. The minimum Gasteiger partial charge on any atom is -0.497 e. The summed E-state index contributed by atoms with van der Waals surface area (Å²) in [5, 5.41) is 5.76. The van der Waals surface area contributed by atoms with Crippen LogP contribution in [0.1, 0.15) is 58.2 Å². The summed E-state index contributed by atoms with van der Waals surface area (Å²) in [6.07, 6.45) is -0.370. The molecule has 2 rings (SSSR count). The lowest BCUT2D eigenvalue weighted by molar-refractivity contribution is -0.120. The summed E-state index contributed by atoms with van der Waals surface area (Å²) in [4.78, 5) is 38.8. The number of anilines is 1. The lowest BCUT2D eigenvalue weighted by atomic mass is 10.0. The van der Waals surface area contributed by atoms with Gasteiger partial charge in [-0.05, 0) is 57.0 Å². The molecule has 0 aliphatic rings. The Labute approximate surface area is 201 Å². The summed E-state index contributed by atoms with van der Waals surface area (Å²) in [6.45, 7) is 9.50. The molecule has 2 aromatic carbocycles. The topological polar surface area (TPSA) is 97.0 Å². The Hall–Kier alpha value is -3.55. The van der Waals surface area contributed by atoms with E-state index in [0.717, 1.165) is 11.1 Å². The van der Waals surface area contributed by atoms with Gasteiger partial charge in [0, 0.05) is 19.2 Å². The van der Waals surface area contributed by atoms with Gasteiger partial charge in [-0.3, -0.25) is 9.59 Å². The van der Waals surface area contributed by atoms with Gasteiger partial charge in [0.15, 0.2) is 0 Å². The highest BCUT2D eigenvalue weighted by Gasteiger charge is 2.23. The first-order chi connectivity index (χ1) is 16.0. The number of nitrogens with zero attached hydrogens (tertiary/aromatic N) is 1. The Balaban J connectivity index is 2.15. The summed E-state index contributed by atoms with van der Waals surface area (Å²) in [6, 6.07) is 14.0. The molecule has 0 heterocycles. The minimum atomic E-state index is -0.599. The molecule has 184 valence electrons. The number of para-hydroxylation sites is 1. The van der Waals surface area contributed by atoms with Crippen LogP contribution < -0.4 is 15.4 Å². The van der Waals surface area contributed by atoms with E-state index < -0.39 is 17.7 Å². The molecule has 0 radical (unpaired) electrons. The highest BCUT2D eigenvalue weighted by Crippen LogP contribution is 2.23. The summed E-state index contributed by atoms with van der Waals surface area (Å²) >= 11 is 0. The molecule has 1 atom stereocenters. The van der Waals surface area contributed by atoms with E-state index in [-0.39, 0.29) is 24.8 Å². The smallest absolute Gasteiger partial charge is 0.410 e. The minimum absolute atomic E-state index is 0.0454. The highest BCUT2D eigenvalue weighted by molar-refractivity contribution is 5.92. The van der Waals surface area contributed by atoms with Crippen LogP contribution in [0.15, 0.2) is 48.5 Å². The fraction of sp³-hybridized carbons (Fsp3) is 0.423. The number of carbonyl (C=O) groups is 3. The predicted octanol–water partition coefficient (Wildman–Crippen LogP) is 4.66. The van der Waals surface area contributed by atoms with Crippen molar-refractivity contribution in [3.05, 3.63) is 59.7 Å². The Bertz CT molecular complexity index is 983. The maximum atomic E-state index is 12.9. The van der Waals surface area contributed by atoms with E-state index in [9.17, 15) is 14.4 Å². The second kappa shape index (κ2) is 12.1. The van der Waals surface area contributed by atoms with Gasteiger partial charge < -0.3 is 25.0 Å². The molecule has 1 unspecified atom stereocenters. The van der Waals surface area contributed by atoms with Crippen molar-refractivity contribution in [1.82, 2.24) is 10.2 Å². The van der Waals surface area contributed by atoms with E-state index in [1.54, 1.807) is 30.2 Å². The zero-order valence-electron chi connectivity index (χ0n) is 20.8. The molecule has 0 spiro atoms. The summed E-state index contributed by atoms with van der Waals surface area (Å²) in [7, 11) is 1.58. The van der Waals surface area contributed by atoms with Gasteiger partial charge in [-0.1, -0.05) is 30.3 Å². The number of methoxy groups -OCH3 is 1. The average molecular weight is 470 g/mol. The molecular weight excluding hydrogens is 434 g/mol. The van der Waals surface area contributed by atoms with Gasteiger partial charge in [0.2, 0.25) is 11.8 Å². The molecule has 0 saturated carbocycles. The van der Waals surface area contributed by atoms with Gasteiger partial charge in [-0.15, -0.1) is 0 Å². The van der Waals surface area contributed by atoms with E-state index in [1.807, 2.05) is 58.0 Å². The number of amides is 3. The molecule has 0 aromatic heterocycles. The van der Waals surface area contributed by atoms with E-state index >= 15 is 0 Å². The van der Waals surface area contributed by atoms with Crippen molar-refractivity contribution >= 4 is 23.6 Å². The Morgan fingerprint density at radius 1 is 1.03 bits per heavy atom. The highest BCUT2D eigenvalue weighted by atomic mass is 16.6. The molecule has 8 nitrogen and oxygen atoms in total. The van der Waals surface area contributed by atoms with Gasteiger partial charge >= 0.3 is 6.09 Å². The SMILES string of the molecule is CCN(Cc1ccccc1NC(=O)CC(NC(C)=O)c1ccc(OC)cc1)C(=O)OC(C)(C)C. The number of nitrogens with one attached hydrogen (secondary N) is 2. The largest absolute Gasteiger partial charge is 0.497 e. The van der Waals surface area contributed by atoms with E-state index in [1.165, 1.54) is 6.92 Å². The molecular formula is C26H35N3O5. The van der Waals surface area contributed by atoms with Crippen LogP contribution in [0.25, 0.3) is 0 Å². The number of ether oxygens (including phenoxy) is 2. The van der Waals surface area contributed by atoms with Crippen LogP contribution in [0.4, 0.5) is 10.5 Å². The van der Waals surface area contributed by atoms with Crippen LogP contribution in [0.5, 0.6) is 5.75 Å². The van der Waals surface area contributed by atoms with Gasteiger partial charge in [0.1, 0.15) is 11.4 Å². The zero-order valence-corrected chi connectivity index (χ0v) is 20.8. The molecule has 0 fully saturated rings. The van der Waals surface area contributed by atoms with Gasteiger partial charge in [0.25, 0.3) is 0 Å². The molecule has 0 aliphatic heterocycles. The van der Waals surface area contributed by atoms with Crippen molar-refractivity contribution < 1.29 is 23.9 Å². The molecule has 34 heavy (non-hydrogen) atoms. The van der Waals surface area contributed by atoms with Gasteiger partial charge in [0.05, 0.1) is 26.1 Å². The quantitative estimate of drug-likeness (QED) is 0.557. The van der Waals surface area contributed by atoms with Crippen molar-refractivity contribution in [3.63, 3.8) is 0 Å². The van der Waals surface area contributed by atoms with Crippen molar-refractivity contribution in [2.45, 2.75) is 59.2 Å². The molecule has 0 bridgehead atoms. The molecule has 0 aliphatic carbocycles. The monoisotopic (exact) mass is 469 g/mol. The van der Waals surface area contributed by atoms with E-state index in [2.05, 4.69) is 10.6 Å². The second-order valence-corrected chi connectivity index (χ2v) is 8.93. The summed E-state index contributed by atoms with van der Waals surface area (Å²) in [5.74, 6) is 0.196. The summed E-state index contributed by atoms with van der Waals surface area (Å²) in [5.41, 5.74) is 1.58. The maximum absolute atomic E-state index is 12.9. The number of hydrogen-bond acceptors (Lipinski definition) is 5. The van der Waals surface area contributed by atoms with Crippen LogP contribution in [0.2, 0.25) is 0 Å². The third-order valence-corrected chi connectivity index (χ3v) is 4.97. The van der Waals surface area contributed by atoms with Crippen LogP contribution in [0.3, 0.4) is 0 Å². The van der Waals surface area contributed by atoms with E-state index in [0.29, 0.717) is 18.0 Å². The standard InChI is InChI=1S/C26H35N3O5/c1-7-29(25(32)34-26(3,4)5)17-20-10-8-9-11-22(20)28-24(31)16-23(27-18(2)30)19-12-14-21(33-6)15-13-19/h8-15,23H,7,16-17H2,1-6H3,(H,27,30)(H,28,31). The van der Waals surface area contributed by atoms with Crippen molar-refractivity contribution in [2.24, 2.45) is 0 Å². The average Bonchev–Trinajstić information content (AvgIpc) is 2.76. The first kappa shape index (κ1) is 26.7. The Morgan fingerprint density at radius 3 is 2.24 bits per heavy atom. The van der Waals surface area contributed by atoms with Gasteiger partial charge in [-0.2, -0.15) is 0 Å². The zero-order chi connectivity index (χ0) is 25.3. The number of rotatable bonds is 9. The maximum Gasteiger partial charge on any atom is 0.410 e. The third-order valence-electron chi connectivity index (χ3n) is 4.97. The van der Waals surface area contributed by atoms with Crippen molar-refractivity contribution in [1.29, 1.82) is 0 Å². The summed E-state index contributed by atoms with van der Waals surface area (Å²) < 4.78 is 10.7. The third kappa shape index (κ3) is 8.42. The predicted molar refractivity (Wildman–Crippen MR) is 132 cm³/mol. The Morgan fingerprint density at radius 2 is 1.68 bits per heavy atom. The first-order valence-corrected chi connectivity index (χ1v) is 11.3.